The van der Waals surface area contributed by atoms with Crippen LogP contribution in [0.1, 0.15) is 35.4 Å². The molecule has 0 radical (unpaired) electrons. The molecule has 2 heterocycles. The van der Waals surface area contributed by atoms with Gasteiger partial charge in [-0.3, -0.25) is 0 Å². The van der Waals surface area contributed by atoms with Crippen molar-refractivity contribution >= 4 is 11.5 Å². The third-order valence-electron chi connectivity index (χ3n) is 4.01. The zero-order valence-electron chi connectivity index (χ0n) is 14.4. The molecule has 0 aromatic carbocycles. The standard InChI is InChI=1S/C13H13F3N2O2.C4H8O2/c1-20-12(19)11-6-10(17-7-18-11)8-2-4-9(5-3-8)13(14,15)16;1-2-6-4-3-5-1/h2,6-7,9H,3-5H2,1H3;1-4H2. The Labute approximate surface area is 149 Å². The van der Waals surface area contributed by atoms with Gasteiger partial charge in [-0.25, -0.2) is 14.8 Å². The summed E-state index contributed by atoms with van der Waals surface area (Å²) in [6, 6.07) is 1.44. The van der Waals surface area contributed by atoms with E-state index in [4.69, 9.17) is 9.47 Å². The number of methoxy groups -OCH3 is 1. The van der Waals surface area contributed by atoms with E-state index in [1.165, 1.54) is 25.6 Å². The third kappa shape index (κ3) is 6.06. The lowest BCUT2D eigenvalue weighted by Crippen LogP contribution is -2.24. The van der Waals surface area contributed by atoms with Crippen molar-refractivity contribution in [2.75, 3.05) is 33.5 Å². The first kappa shape index (κ1) is 20.3. The highest BCUT2D eigenvalue weighted by Crippen LogP contribution is 2.38. The summed E-state index contributed by atoms with van der Waals surface area (Å²) in [5, 5.41) is 0. The lowest BCUT2D eigenvalue weighted by molar-refractivity contribution is -0.175. The van der Waals surface area contributed by atoms with Crippen molar-refractivity contribution in [3.63, 3.8) is 0 Å². The van der Waals surface area contributed by atoms with E-state index in [9.17, 15) is 18.0 Å². The Morgan fingerprint density at radius 2 is 1.85 bits per heavy atom. The molecule has 1 aliphatic heterocycles. The first-order valence-electron chi connectivity index (χ1n) is 8.23. The normalized spacial score (nSPS) is 20.5. The van der Waals surface area contributed by atoms with Gasteiger partial charge in [-0.2, -0.15) is 13.2 Å². The molecule has 3 rings (SSSR count). The van der Waals surface area contributed by atoms with Crippen LogP contribution in [0, 0.1) is 5.92 Å². The van der Waals surface area contributed by atoms with Gasteiger partial charge in [-0.15, -0.1) is 0 Å². The minimum Gasteiger partial charge on any atom is -0.464 e. The first-order chi connectivity index (χ1) is 12.4. The van der Waals surface area contributed by atoms with Gasteiger partial charge in [-0.05, 0) is 30.9 Å². The summed E-state index contributed by atoms with van der Waals surface area (Å²) in [7, 11) is 1.23. The van der Waals surface area contributed by atoms with Crippen molar-refractivity contribution in [1.82, 2.24) is 9.97 Å². The smallest absolute Gasteiger partial charge is 0.392 e. The maximum Gasteiger partial charge on any atom is 0.392 e. The third-order valence-corrected chi connectivity index (χ3v) is 4.01. The molecule has 6 nitrogen and oxygen atoms in total. The molecular formula is C17H21F3N2O4. The fourth-order valence-corrected chi connectivity index (χ4v) is 2.55. The van der Waals surface area contributed by atoms with Gasteiger partial charge < -0.3 is 14.2 Å². The molecule has 144 valence electrons. The minimum atomic E-state index is -4.16. The molecule has 0 N–H and O–H groups in total. The van der Waals surface area contributed by atoms with Gasteiger partial charge in [0.2, 0.25) is 0 Å². The second-order valence-electron chi connectivity index (χ2n) is 5.75. The van der Waals surface area contributed by atoms with Crippen LogP contribution in [0.3, 0.4) is 0 Å². The lowest BCUT2D eigenvalue weighted by atomic mass is 9.88. The molecule has 1 aromatic rings. The second kappa shape index (κ2) is 9.63. The van der Waals surface area contributed by atoms with Crippen LogP contribution in [0.2, 0.25) is 0 Å². The number of rotatable bonds is 2. The fourth-order valence-electron chi connectivity index (χ4n) is 2.55. The molecule has 0 saturated carbocycles. The van der Waals surface area contributed by atoms with Crippen LogP contribution in [0.15, 0.2) is 18.5 Å². The zero-order chi connectivity index (χ0) is 19.0. The Kier molecular flexibility index (Phi) is 7.52. The molecule has 1 saturated heterocycles. The minimum absolute atomic E-state index is 0.0346. The predicted molar refractivity (Wildman–Crippen MR) is 86.4 cm³/mol. The van der Waals surface area contributed by atoms with Gasteiger partial charge >= 0.3 is 12.1 Å². The molecule has 0 spiro atoms. The van der Waals surface area contributed by atoms with E-state index in [1.54, 1.807) is 0 Å². The maximum atomic E-state index is 12.6. The molecule has 1 unspecified atom stereocenters. The summed E-state index contributed by atoms with van der Waals surface area (Å²) in [6.07, 6.45) is -1.17. The molecule has 0 bridgehead atoms. The lowest BCUT2D eigenvalue weighted by Gasteiger charge is -2.23. The number of aromatic nitrogens is 2. The van der Waals surface area contributed by atoms with Crippen LogP contribution in [-0.4, -0.2) is 55.7 Å². The number of esters is 1. The average Bonchev–Trinajstić information content (AvgIpc) is 2.69. The first-order valence-corrected chi connectivity index (χ1v) is 8.23. The van der Waals surface area contributed by atoms with Gasteiger partial charge in [0.15, 0.2) is 5.69 Å². The van der Waals surface area contributed by atoms with E-state index < -0.39 is 18.1 Å². The highest BCUT2D eigenvalue weighted by molar-refractivity contribution is 5.87. The van der Waals surface area contributed by atoms with E-state index in [0.717, 1.165) is 26.4 Å². The molecule has 1 atom stereocenters. The number of carbonyl (C=O) groups is 1. The van der Waals surface area contributed by atoms with Crippen LogP contribution in [0.25, 0.3) is 5.57 Å². The Balaban J connectivity index is 0.000000342. The fraction of sp³-hybridized carbons (Fsp3) is 0.588. The van der Waals surface area contributed by atoms with Crippen LogP contribution in [0.5, 0.6) is 0 Å². The van der Waals surface area contributed by atoms with Crippen molar-refractivity contribution in [3.05, 3.63) is 29.9 Å². The van der Waals surface area contributed by atoms with Crippen molar-refractivity contribution < 1.29 is 32.2 Å². The monoisotopic (exact) mass is 374 g/mol. The highest BCUT2D eigenvalue weighted by Gasteiger charge is 2.39. The number of ether oxygens (including phenoxy) is 3. The molecule has 1 aliphatic carbocycles. The number of nitrogens with zero attached hydrogens (tertiary/aromatic N) is 2. The summed E-state index contributed by atoms with van der Waals surface area (Å²) in [5.74, 6) is -1.90. The van der Waals surface area contributed by atoms with Gasteiger partial charge in [0.25, 0.3) is 0 Å². The highest BCUT2D eigenvalue weighted by atomic mass is 19.4. The number of halogens is 3. The molecule has 2 aliphatic rings. The Morgan fingerprint density at radius 3 is 2.31 bits per heavy atom. The maximum absolute atomic E-state index is 12.6. The van der Waals surface area contributed by atoms with E-state index >= 15 is 0 Å². The average molecular weight is 374 g/mol. The Morgan fingerprint density at radius 1 is 1.19 bits per heavy atom. The van der Waals surface area contributed by atoms with Gasteiger partial charge in [-0.1, -0.05) is 6.08 Å². The SMILES string of the molecule is C1COCCO1.COC(=O)c1cc(C2=CCC(C(F)(F)F)CC2)ncn1. The number of carbonyl (C=O) groups excluding carboxylic acids is 1. The van der Waals surface area contributed by atoms with Crippen LogP contribution >= 0.6 is 0 Å². The molecule has 1 aromatic heterocycles. The van der Waals surface area contributed by atoms with E-state index in [2.05, 4.69) is 14.7 Å². The predicted octanol–water partition coefficient (Wildman–Crippen LogP) is 3.04. The zero-order valence-corrected chi connectivity index (χ0v) is 14.4. The summed E-state index contributed by atoms with van der Waals surface area (Å²) >= 11 is 0. The van der Waals surface area contributed by atoms with Gasteiger partial charge in [0.1, 0.15) is 6.33 Å². The molecule has 26 heavy (non-hydrogen) atoms. The van der Waals surface area contributed by atoms with Crippen LogP contribution in [-0.2, 0) is 14.2 Å². The summed E-state index contributed by atoms with van der Waals surface area (Å²) < 4.78 is 52.1. The molecular weight excluding hydrogens is 353 g/mol. The largest absolute Gasteiger partial charge is 0.464 e. The van der Waals surface area contributed by atoms with Crippen LogP contribution in [0.4, 0.5) is 13.2 Å². The van der Waals surface area contributed by atoms with Gasteiger partial charge in [0, 0.05) is 0 Å². The quantitative estimate of drug-likeness (QED) is 0.741. The number of hydrogen-bond acceptors (Lipinski definition) is 6. The summed E-state index contributed by atoms with van der Waals surface area (Å²) in [5.41, 5.74) is 1.27. The van der Waals surface area contributed by atoms with Crippen LogP contribution < -0.4 is 0 Å². The van der Waals surface area contributed by atoms with E-state index in [1.807, 2.05) is 0 Å². The Bertz CT molecular complexity index is 619. The van der Waals surface area contributed by atoms with Crippen molar-refractivity contribution in [1.29, 1.82) is 0 Å². The molecule has 9 heteroatoms. The number of alkyl halides is 3. The van der Waals surface area contributed by atoms with E-state index in [0.29, 0.717) is 11.3 Å². The molecule has 1 fully saturated rings. The van der Waals surface area contributed by atoms with E-state index in [-0.39, 0.29) is 25.0 Å². The molecule has 0 amide bonds. The van der Waals surface area contributed by atoms with Crippen molar-refractivity contribution in [3.8, 4) is 0 Å². The van der Waals surface area contributed by atoms with Crippen molar-refractivity contribution in [2.24, 2.45) is 5.92 Å². The van der Waals surface area contributed by atoms with Crippen molar-refractivity contribution in [2.45, 2.75) is 25.4 Å². The topological polar surface area (TPSA) is 70.5 Å². The summed E-state index contributed by atoms with van der Waals surface area (Å²) in [4.78, 5) is 19.1. The summed E-state index contributed by atoms with van der Waals surface area (Å²) in [6.45, 7) is 3.11. The van der Waals surface area contributed by atoms with Gasteiger partial charge in [0.05, 0.1) is 45.1 Å². The number of allylic oxidation sites excluding steroid dienone is 2. The Hall–Kier alpha value is -2.00. The number of hydrogen-bond donors (Lipinski definition) is 0. The second-order valence-corrected chi connectivity index (χ2v) is 5.75.